The van der Waals surface area contributed by atoms with Crippen molar-refractivity contribution in [3.63, 3.8) is 0 Å². The van der Waals surface area contributed by atoms with Crippen LogP contribution in [0.1, 0.15) is 36.6 Å². The summed E-state index contributed by atoms with van der Waals surface area (Å²) in [7, 11) is 1.34. The number of methoxy groups -OCH3 is 1. The van der Waals surface area contributed by atoms with Gasteiger partial charge in [-0.1, -0.05) is 43.7 Å². The lowest BCUT2D eigenvalue weighted by atomic mass is 10.0. The molecule has 0 radical (unpaired) electrons. The van der Waals surface area contributed by atoms with Gasteiger partial charge in [0.05, 0.1) is 24.7 Å². The van der Waals surface area contributed by atoms with E-state index in [2.05, 4.69) is 21.6 Å². The highest BCUT2D eigenvalue weighted by Crippen LogP contribution is 2.21. The van der Waals surface area contributed by atoms with Crippen LogP contribution < -0.4 is 0 Å². The quantitative estimate of drug-likeness (QED) is 0.548. The van der Waals surface area contributed by atoms with Gasteiger partial charge < -0.3 is 4.74 Å². The molecule has 0 fully saturated rings. The molecule has 1 aromatic carbocycles. The van der Waals surface area contributed by atoms with Gasteiger partial charge >= 0.3 is 5.97 Å². The number of allylic oxidation sites excluding steroid dienone is 2. The molecular weight excluding hydrogens is 331 g/mol. The molecule has 0 amide bonds. The van der Waals surface area contributed by atoms with Gasteiger partial charge in [0.25, 0.3) is 0 Å². The van der Waals surface area contributed by atoms with Crippen molar-refractivity contribution >= 4 is 17.3 Å². The van der Waals surface area contributed by atoms with E-state index in [-0.39, 0.29) is 12.4 Å². The summed E-state index contributed by atoms with van der Waals surface area (Å²) < 4.78 is 18.2. The smallest absolute Gasteiger partial charge is 0.327 e. The van der Waals surface area contributed by atoms with Crippen LogP contribution in [0.25, 0.3) is 5.57 Å². The van der Waals surface area contributed by atoms with Crippen molar-refractivity contribution in [3.8, 4) is 0 Å². The van der Waals surface area contributed by atoms with Crippen LogP contribution in [0, 0.1) is 12.7 Å². The summed E-state index contributed by atoms with van der Waals surface area (Å²) in [5.74, 6) is -0.730. The lowest BCUT2D eigenvalue weighted by Gasteiger charge is -2.10. The minimum atomic E-state index is -0.403. The van der Waals surface area contributed by atoms with Crippen molar-refractivity contribution in [3.05, 3.63) is 71.3 Å². The van der Waals surface area contributed by atoms with Crippen LogP contribution in [0.4, 0.5) is 4.39 Å². The van der Waals surface area contributed by atoms with Gasteiger partial charge in [0, 0.05) is 0 Å². The Balaban J connectivity index is 2.48. The zero-order valence-corrected chi connectivity index (χ0v) is 15.3. The fourth-order valence-electron chi connectivity index (χ4n) is 2.47. The molecule has 2 aromatic rings. The van der Waals surface area contributed by atoms with Crippen LogP contribution >= 0.6 is 0 Å². The number of hydrogen-bond acceptors (Lipinski definition) is 4. The molecule has 0 atom stereocenters. The van der Waals surface area contributed by atoms with Crippen LogP contribution in [0.2, 0.25) is 0 Å². The highest BCUT2D eigenvalue weighted by atomic mass is 19.1. The standard InChI is InChI=1S/C21H23FN2O2/c1-4-8-17(19-11-15(2)18(22)13-23-19)12-20(24-14-21(25)26-3)16-9-6-5-7-10-16/h5-7,9-13H,4,8,14H2,1-3H3/b17-12+,24-20?. The predicted molar refractivity (Wildman–Crippen MR) is 102 cm³/mol. The number of benzene rings is 1. The Morgan fingerprint density at radius 2 is 2.04 bits per heavy atom. The van der Waals surface area contributed by atoms with Crippen LogP contribution in [0.5, 0.6) is 0 Å². The SMILES string of the molecule is CCC/C(=C\C(=NCC(=O)OC)c1ccccc1)c1cc(C)c(F)cn1. The minimum absolute atomic E-state index is 0.0630. The van der Waals surface area contributed by atoms with E-state index >= 15 is 0 Å². The molecule has 5 heteroatoms. The Labute approximate surface area is 153 Å². The molecule has 0 bridgehead atoms. The van der Waals surface area contributed by atoms with Gasteiger partial charge in [-0.15, -0.1) is 0 Å². The molecule has 0 spiro atoms. The van der Waals surface area contributed by atoms with Gasteiger partial charge in [-0.05, 0) is 42.2 Å². The van der Waals surface area contributed by atoms with Crippen LogP contribution in [-0.2, 0) is 9.53 Å². The van der Waals surface area contributed by atoms with Crippen LogP contribution in [0.15, 0.2) is 53.7 Å². The first-order chi connectivity index (χ1) is 12.5. The number of carbonyl (C=O) groups excluding carboxylic acids is 1. The Morgan fingerprint density at radius 1 is 1.31 bits per heavy atom. The molecule has 1 aromatic heterocycles. The summed E-state index contributed by atoms with van der Waals surface area (Å²) in [6, 6.07) is 11.3. The van der Waals surface area contributed by atoms with Gasteiger partial charge in [0.2, 0.25) is 0 Å². The maximum absolute atomic E-state index is 13.6. The Bertz CT molecular complexity index is 814. The van der Waals surface area contributed by atoms with Crippen molar-refractivity contribution in [2.45, 2.75) is 26.7 Å². The largest absolute Gasteiger partial charge is 0.468 e. The van der Waals surface area contributed by atoms with Gasteiger partial charge in [-0.2, -0.15) is 0 Å². The fraction of sp³-hybridized carbons (Fsp3) is 0.286. The molecule has 0 N–H and O–H groups in total. The molecule has 0 saturated carbocycles. The van der Waals surface area contributed by atoms with Crippen molar-refractivity contribution in [2.75, 3.05) is 13.7 Å². The zero-order chi connectivity index (χ0) is 18.9. The maximum Gasteiger partial charge on any atom is 0.327 e. The Hall–Kier alpha value is -2.82. The van der Waals surface area contributed by atoms with Crippen LogP contribution in [-0.4, -0.2) is 30.3 Å². The number of pyridine rings is 1. The van der Waals surface area contributed by atoms with E-state index in [9.17, 15) is 9.18 Å². The third-order valence-electron chi connectivity index (χ3n) is 3.88. The zero-order valence-electron chi connectivity index (χ0n) is 15.3. The first-order valence-corrected chi connectivity index (χ1v) is 8.55. The summed E-state index contributed by atoms with van der Waals surface area (Å²) in [5.41, 5.74) is 3.77. The van der Waals surface area contributed by atoms with Crippen molar-refractivity contribution in [2.24, 2.45) is 4.99 Å². The first kappa shape index (κ1) is 19.5. The number of halogens is 1. The van der Waals surface area contributed by atoms with Crippen molar-refractivity contribution < 1.29 is 13.9 Å². The number of ether oxygens (including phenoxy) is 1. The lowest BCUT2D eigenvalue weighted by Crippen LogP contribution is -2.08. The summed E-state index contributed by atoms with van der Waals surface area (Å²) in [4.78, 5) is 20.1. The van der Waals surface area contributed by atoms with Gasteiger partial charge in [0.1, 0.15) is 12.4 Å². The van der Waals surface area contributed by atoms with Crippen LogP contribution in [0.3, 0.4) is 0 Å². The second kappa shape index (κ2) is 9.61. The number of rotatable bonds is 7. The summed E-state index contributed by atoms with van der Waals surface area (Å²) in [5, 5.41) is 0. The topological polar surface area (TPSA) is 51.5 Å². The van der Waals surface area contributed by atoms with Gasteiger partial charge in [-0.3, -0.25) is 14.8 Å². The highest BCUT2D eigenvalue weighted by Gasteiger charge is 2.10. The second-order valence-electron chi connectivity index (χ2n) is 5.88. The molecule has 0 aliphatic heterocycles. The monoisotopic (exact) mass is 354 g/mol. The number of carbonyl (C=O) groups is 1. The van der Waals surface area contributed by atoms with E-state index in [0.717, 1.165) is 24.0 Å². The molecule has 1 heterocycles. The second-order valence-corrected chi connectivity index (χ2v) is 5.88. The average Bonchev–Trinajstić information content (AvgIpc) is 2.66. The van der Waals surface area contributed by atoms with E-state index < -0.39 is 5.97 Å². The lowest BCUT2D eigenvalue weighted by molar-refractivity contribution is -0.138. The summed E-state index contributed by atoms with van der Waals surface area (Å²) in [6.45, 7) is 3.72. The number of nitrogens with zero attached hydrogens (tertiary/aromatic N) is 2. The molecule has 0 aliphatic carbocycles. The summed E-state index contributed by atoms with van der Waals surface area (Å²) in [6.07, 6.45) is 4.83. The molecule has 4 nitrogen and oxygen atoms in total. The fourth-order valence-corrected chi connectivity index (χ4v) is 2.47. The number of hydrogen-bond donors (Lipinski definition) is 0. The number of aromatic nitrogens is 1. The normalized spacial score (nSPS) is 12.2. The molecule has 0 saturated heterocycles. The average molecular weight is 354 g/mol. The molecule has 0 aliphatic rings. The van der Waals surface area contributed by atoms with E-state index in [0.29, 0.717) is 17.0 Å². The number of aliphatic imine (C=N–C) groups is 1. The molecule has 136 valence electrons. The number of aryl methyl sites for hydroxylation is 1. The Kier molecular flexibility index (Phi) is 7.21. The maximum atomic E-state index is 13.6. The van der Waals surface area contributed by atoms with E-state index in [4.69, 9.17) is 0 Å². The van der Waals surface area contributed by atoms with Crippen molar-refractivity contribution in [1.29, 1.82) is 0 Å². The highest BCUT2D eigenvalue weighted by molar-refractivity contribution is 6.12. The van der Waals surface area contributed by atoms with Crippen molar-refractivity contribution in [1.82, 2.24) is 4.98 Å². The van der Waals surface area contributed by atoms with E-state index in [1.165, 1.54) is 13.3 Å². The third-order valence-corrected chi connectivity index (χ3v) is 3.88. The molecular formula is C21H23FN2O2. The third kappa shape index (κ3) is 5.34. The first-order valence-electron chi connectivity index (χ1n) is 8.55. The summed E-state index contributed by atoms with van der Waals surface area (Å²) >= 11 is 0. The van der Waals surface area contributed by atoms with E-state index in [1.54, 1.807) is 13.0 Å². The molecule has 2 rings (SSSR count). The van der Waals surface area contributed by atoms with E-state index in [1.807, 2.05) is 36.4 Å². The molecule has 0 unspecified atom stereocenters. The number of esters is 1. The minimum Gasteiger partial charge on any atom is -0.468 e. The Morgan fingerprint density at radius 3 is 2.65 bits per heavy atom. The van der Waals surface area contributed by atoms with Gasteiger partial charge in [-0.25, -0.2) is 4.39 Å². The molecule has 26 heavy (non-hydrogen) atoms. The predicted octanol–water partition coefficient (Wildman–Crippen LogP) is 4.37. The van der Waals surface area contributed by atoms with Gasteiger partial charge in [0.15, 0.2) is 0 Å².